The molecule has 1 aromatic carbocycles. The van der Waals surface area contributed by atoms with E-state index in [4.69, 9.17) is 33.3 Å². The molecule has 0 radical (unpaired) electrons. The van der Waals surface area contributed by atoms with Gasteiger partial charge in [0.05, 0.1) is 28.1 Å². The number of carbonyl (C=O) groups is 1. The van der Waals surface area contributed by atoms with Gasteiger partial charge in [-0.05, 0) is 25.2 Å². The predicted molar refractivity (Wildman–Crippen MR) is 104 cm³/mol. The van der Waals surface area contributed by atoms with E-state index in [0.717, 1.165) is 15.0 Å². The van der Waals surface area contributed by atoms with Gasteiger partial charge in [0.2, 0.25) is 0 Å². The van der Waals surface area contributed by atoms with Crippen LogP contribution in [0.1, 0.15) is 17.8 Å². The summed E-state index contributed by atoms with van der Waals surface area (Å²) >= 11 is 13.4. The first-order chi connectivity index (χ1) is 12.0. The highest BCUT2D eigenvalue weighted by atomic mass is 35.5. The largest absolute Gasteiger partial charge is 0.460 e. The molecule has 3 rings (SSSR count). The maximum Gasteiger partial charge on any atom is 0.338 e. The summed E-state index contributed by atoms with van der Waals surface area (Å²) in [6, 6.07) is 7.41. The van der Waals surface area contributed by atoms with Gasteiger partial charge < -0.3 is 20.1 Å². The molecule has 0 spiro atoms. The summed E-state index contributed by atoms with van der Waals surface area (Å²) in [5, 5.41) is 8.16. The number of allylic oxidation sites excluding steroid dienone is 1. The molecule has 0 bridgehead atoms. The number of thiophene rings is 1. The minimum absolute atomic E-state index is 0.184. The zero-order valence-electron chi connectivity index (χ0n) is 13.7. The van der Waals surface area contributed by atoms with Crippen molar-refractivity contribution < 1.29 is 14.3 Å². The number of methoxy groups -OCH3 is 1. The molecule has 0 aliphatic carbocycles. The molecule has 0 fully saturated rings. The summed E-state index contributed by atoms with van der Waals surface area (Å²) in [5.41, 5.74) is 1.13. The fourth-order valence-electron chi connectivity index (χ4n) is 2.68. The van der Waals surface area contributed by atoms with Crippen LogP contribution in [0.4, 0.5) is 0 Å². The molecule has 25 heavy (non-hydrogen) atoms. The van der Waals surface area contributed by atoms with Crippen LogP contribution in [0.5, 0.6) is 0 Å². The van der Waals surface area contributed by atoms with E-state index in [1.54, 1.807) is 14.0 Å². The number of ether oxygens (including phenoxy) is 2. The molecule has 0 amide bonds. The molecule has 1 atom stereocenters. The highest BCUT2D eigenvalue weighted by Gasteiger charge is 2.33. The maximum atomic E-state index is 12.6. The second-order valence-corrected chi connectivity index (χ2v) is 7.35. The van der Waals surface area contributed by atoms with Crippen molar-refractivity contribution in [1.29, 1.82) is 0 Å². The van der Waals surface area contributed by atoms with Gasteiger partial charge in [-0.25, -0.2) is 4.79 Å². The third-order valence-corrected chi connectivity index (χ3v) is 5.81. The van der Waals surface area contributed by atoms with E-state index in [2.05, 4.69) is 10.6 Å². The average Bonchev–Trinajstić information content (AvgIpc) is 2.91. The Morgan fingerprint density at radius 2 is 2.12 bits per heavy atom. The topological polar surface area (TPSA) is 59.6 Å². The number of nitrogens with one attached hydrogen (secondary N) is 2. The van der Waals surface area contributed by atoms with Gasteiger partial charge in [-0.3, -0.25) is 0 Å². The smallest absolute Gasteiger partial charge is 0.338 e. The van der Waals surface area contributed by atoms with Crippen molar-refractivity contribution in [2.75, 3.05) is 20.3 Å². The lowest BCUT2D eigenvalue weighted by Gasteiger charge is -2.29. The van der Waals surface area contributed by atoms with Crippen LogP contribution in [0.2, 0.25) is 5.02 Å². The molecule has 0 saturated heterocycles. The fraction of sp³-hybridized carbons (Fsp3) is 0.294. The van der Waals surface area contributed by atoms with Crippen molar-refractivity contribution in [3.05, 3.63) is 45.4 Å². The van der Waals surface area contributed by atoms with Gasteiger partial charge in [0, 0.05) is 22.9 Å². The van der Waals surface area contributed by atoms with E-state index in [9.17, 15) is 4.79 Å². The number of hydrogen-bond acceptors (Lipinski definition) is 5. The third-order valence-electron chi connectivity index (χ3n) is 3.83. The van der Waals surface area contributed by atoms with E-state index in [-0.39, 0.29) is 6.61 Å². The Balaban J connectivity index is 2.01. The molecule has 1 aliphatic heterocycles. The zero-order chi connectivity index (χ0) is 18.0. The molecule has 8 heteroatoms. The molecule has 1 aromatic heterocycles. The number of rotatable bonds is 5. The average molecular weight is 397 g/mol. The number of hydrogen-bond donors (Lipinski definition) is 2. The lowest BCUT2D eigenvalue weighted by Crippen LogP contribution is -2.45. The molecule has 0 saturated carbocycles. The van der Waals surface area contributed by atoms with Gasteiger partial charge in [0.25, 0.3) is 0 Å². The number of benzene rings is 1. The van der Waals surface area contributed by atoms with Gasteiger partial charge in [0.1, 0.15) is 6.61 Å². The second-order valence-electron chi connectivity index (χ2n) is 5.48. The van der Waals surface area contributed by atoms with Crippen LogP contribution < -0.4 is 10.6 Å². The van der Waals surface area contributed by atoms with Gasteiger partial charge in [-0.2, -0.15) is 0 Å². The van der Waals surface area contributed by atoms with Crippen LogP contribution in [0.15, 0.2) is 35.5 Å². The molecule has 1 aliphatic rings. The summed E-state index contributed by atoms with van der Waals surface area (Å²) in [7, 11) is 1.56. The summed E-state index contributed by atoms with van der Waals surface area (Å²) in [4.78, 5) is 13.4. The van der Waals surface area contributed by atoms with Crippen LogP contribution in [-0.2, 0) is 14.3 Å². The Hall–Kier alpha value is -1.67. The van der Waals surface area contributed by atoms with E-state index < -0.39 is 12.0 Å². The minimum Gasteiger partial charge on any atom is -0.460 e. The van der Waals surface area contributed by atoms with Crippen molar-refractivity contribution in [2.45, 2.75) is 13.0 Å². The lowest BCUT2D eigenvalue weighted by molar-refractivity contribution is -0.140. The van der Waals surface area contributed by atoms with E-state index >= 15 is 0 Å². The molecular formula is C17H17ClN2O3S2. The van der Waals surface area contributed by atoms with Crippen molar-refractivity contribution in [1.82, 2.24) is 10.6 Å². The quantitative estimate of drug-likeness (QED) is 0.458. The Bertz CT molecular complexity index is 863. The SMILES string of the molecule is COCCOC(=O)C1=C(C)NC(=S)N[C@H]1c1sc2ccccc2c1Cl. The van der Waals surface area contributed by atoms with Crippen molar-refractivity contribution >= 4 is 56.3 Å². The summed E-state index contributed by atoms with van der Waals surface area (Å²) < 4.78 is 11.3. The van der Waals surface area contributed by atoms with E-state index in [0.29, 0.717) is 28.0 Å². The first-order valence-corrected chi connectivity index (χ1v) is 9.24. The Morgan fingerprint density at radius 1 is 1.36 bits per heavy atom. The van der Waals surface area contributed by atoms with Gasteiger partial charge in [-0.15, -0.1) is 11.3 Å². The summed E-state index contributed by atoms with van der Waals surface area (Å²) in [6.45, 7) is 2.32. The summed E-state index contributed by atoms with van der Waals surface area (Å²) in [5.74, 6) is -0.421. The van der Waals surface area contributed by atoms with E-state index in [1.807, 2.05) is 24.3 Å². The van der Waals surface area contributed by atoms with Gasteiger partial charge >= 0.3 is 5.97 Å². The molecule has 0 unspecified atom stereocenters. The van der Waals surface area contributed by atoms with Gasteiger partial charge in [-0.1, -0.05) is 29.8 Å². The molecule has 2 aromatic rings. The van der Waals surface area contributed by atoms with Crippen LogP contribution in [0.3, 0.4) is 0 Å². The molecule has 2 N–H and O–H groups in total. The van der Waals surface area contributed by atoms with Crippen molar-refractivity contribution in [2.24, 2.45) is 0 Å². The lowest BCUT2D eigenvalue weighted by atomic mass is 10.0. The Morgan fingerprint density at radius 3 is 2.84 bits per heavy atom. The summed E-state index contributed by atoms with van der Waals surface area (Å²) in [6.07, 6.45) is 0. The van der Waals surface area contributed by atoms with Crippen molar-refractivity contribution in [3.8, 4) is 0 Å². The van der Waals surface area contributed by atoms with Crippen LogP contribution >= 0.6 is 35.2 Å². The Labute approximate surface area is 159 Å². The molecule has 2 heterocycles. The minimum atomic E-state index is -0.450. The second kappa shape index (κ2) is 7.70. The normalized spacial score (nSPS) is 17.4. The predicted octanol–water partition coefficient (Wildman–Crippen LogP) is 3.54. The number of esters is 1. The highest BCUT2D eigenvalue weighted by Crippen LogP contribution is 2.42. The fourth-order valence-corrected chi connectivity index (χ4v) is 4.55. The van der Waals surface area contributed by atoms with Gasteiger partial charge in [0.15, 0.2) is 5.11 Å². The number of halogens is 1. The third kappa shape index (κ3) is 3.64. The molecule has 132 valence electrons. The van der Waals surface area contributed by atoms with Crippen LogP contribution in [0.25, 0.3) is 10.1 Å². The number of fused-ring (bicyclic) bond motifs is 1. The first-order valence-electron chi connectivity index (χ1n) is 7.64. The van der Waals surface area contributed by atoms with Crippen LogP contribution in [0, 0.1) is 0 Å². The maximum absolute atomic E-state index is 12.6. The number of thiocarbonyl (C=S) groups is 1. The monoisotopic (exact) mass is 396 g/mol. The zero-order valence-corrected chi connectivity index (χ0v) is 16.1. The number of carbonyl (C=O) groups excluding carboxylic acids is 1. The molecular weight excluding hydrogens is 380 g/mol. The van der Waals surface area contributed by atoms with E-state index in [1.165, 1.54) is 11.3 Å². The first kappa shape index (κ1) is 18.1. The molecule has 5 nitrogen and oxygen atoms in total. The standard InChI is InChI=1S/C17H17ClN2O3S2/c1-9-12(16(21)23-8-7-22-2)14(20-17(24)19-9)15-13(18)10-5-3-4-6-11(10)25-15/h3-6,14H,7-8H2,1-2H3,(H2,19,20,24)/t14-/m1/s1. The van der Waals surface area contributed by atoms with Crippen LogP contribution in [-0.4, -0.2) is 31.4 Å². The van der Waals surface area contributed by atoms with Crippen molar-refractivity contribution in [3.63, 3.8) is 0 Å². The highest BCUT2D eigenvalue weighted by molar-refractivity contribution is 7.80. The Kier molecular flexibility index (Phi) is 5.58.